The third-order valence-electron chi connectivity index (χ3n) is 4.83. The van der Waals surface area contributed by atoms with Gasteiger partial charge < -0.3 is 14.7 Å². The summed E-state index contributed by atoms with van der Waals surface area (Å²) < 4.78 is 5.89. The minimum atomic E-state index is -1.03. The Labute approximate surface area is 173 Å². The van der Waals surface area contributed by atoms with Gasteiger partial charge in [0, 0.05) is 10.0 Å². The second kappa shape index (κ2) is 8.95. The molecule has 5 nitrogen and oxygen atoms in total. The van der Waals surface area contributed by atoms with Gasteiger partial charge in [0.25, 0.3) is 0 Å². The first-order valence-electron chi connectivity index (χ1n) is 9.09. The van der Waals surface area contributed by atoms with E-state index in [-0.39, 0.29) is 12.5 Å². The van der Waals surface area contributed by atoms with Crippen LogP contribution in [-0.4, -0.2) is 34.5 Å². The highest BCUT2D eigenvalue weighted by atomic mass is 35.5. The van der Waals surface area contributed by atoms with Crippen LogP contribution in [0.2, 0.25) is 10.0 Å². The number of carboxylic acid groups (broad SMARTS) is 1. The minimum Gasteiger partial charge on any atom is -0.480 e. The second-order valence-corrected chi connectivity index (χ2v) is 7.60. The SMILES string of the molecule is CCC[C@@H](C(=O)O)N1C(=O)CO[C@H](c2cccc(Cl)c2)[C@@H]1c1ccc(Cl)cc1. The molecule has 3 rings (SSSR count). The summed E-state index contributed by atoms with van der Waals surface area (Å²) >= 11 is 12.2. The minimum absolute atomic E-state index is 0.186. The van der Waals surface area contributed by atoms with Gasteiger partial charge in [0.1, 0.15) is 18.8 Å². The smallest absolute Gasteiger partial charge is 0.326 e. The summed E-state index contributed by atoms with van der Waals surface area (Å²) in [5.41, 5.74) is 1.54. The molecule has 1 saturated heterocycles. The van der Waals surface area contributed by atoms with Gasteiger partial charge in [-0.2, -0.15) is 0 Å². The standard InChI is InChI=1S/C21H21Cl2NO4/c1-2-4-17(21(26)27)24-18(25)12-28-20(14-5-3-6-16(23)11-14)19(24)13-7-9-15(22)10-8-13/h3,5-11,17,19-20H,2,4,12H2,1H3,(H,26,27)/t17-,19-,20+/m0/s1. The van der Waals surface area contributed by atoms with Crippen molar-refractivity contribution in [2.24, 2.45) is 0 Å². The van der Waals surface area contributed by atoms with Crippen LogP contribution in [0.5, 0.6) is 0 Å². The van der Waals surface area contributed by atoms with Gasteiger partial charge in [0.2, 0.25) is 5.91 Å². The molecule has 0 aromatic heterocycles. The zero-order valence-electron chi connectivity index (χ0n) is 15.3. The highest BCUT2D eigenvalue weighted by Crippen LogP contribution is 2.42. The monoisotopic (exact) mass is 421 g/mol. The fraction of sp³-hybridized carbons (Fsp3) is 0.333. The summed E-state index contributed by atoms with van der Waals surface area (Å²) in [6, 6.07) is 12.7. The van der Waals surface area contributed by atoms with Crippen LogP contribution in [0.4, 0.5) is 0 Å². The Morgan fingerprint density at radius 3 is 2.50 bits per heavy atom. The van der Waals surface area contributed by atoms with Crippen molar-refractivity contribution in [3.63, 3.8) is 0 Å². The molecule has 1 aliphatic heterocycles. The molecule has 2 aromatic rings. The van der Waals surface area contributed by atoms with Gasteiger partial charge in [-0.15, -0.1) is 0 Å². The molecule has 0 spiro atoms. The molecule has 0 unspecified atom stereocenters. The van der Waals surface area contributed by atoms with Crippen LogP contribution >= 0.6 is 23.2 Å². The van der Waals surface area contributed by atoms with E-state index in [4.69, 9.17) is 27.9 Å². The molecule has 0 bridgehead atoms. The summed E-state index contributed by atoms with van der Waals surface area (Å²) in [6.07, 6.45) is 0.445. The predicted octanol–water partition coefficient (Wildman–Crippen LogP) is 4.89. The van der Waals surface area contributed by atoms with Crippen LogP contribution in [0.15, 0.2) is 48.5 Å². The Morgan fingerprint density at radius 1 is 1.18 bits per heavy atom. The lowest BCUT2D eigenvalue weighted by Crippen LogP contribution is -2.53. The van der Waals surface area contributed by atoms with Crippen molar-refractivity contribution in [1.29, 1.82) is 0 Å². The van der Waals surface area contributed by atoms with Gasteiger partial charge in [0.05, 0.1) is 6.04 Å². The molecular formula is C21H21Cl2NO4. The van der Waals surface area contributed by atoms with Crippen molar-refractivity contribution in [2.75, 3.05) is 6.61 Å². The molecule has 0 aliphatic carbocycles. The van der Waals surface area contributed by atoms with Crippen molar-refractivity contribution < 1.29 is 19.4 Å². The number of carbonyl (C=O) groups is 2. The number of benzene rings is 2. The fourth-order valence-corrected chi connectivity index (χ4v) is 3.93. The number of ether oxygens (including phenoxy) is 1. The molecule has 28 heavy (non-hydrogen) atoms. The van der Waals surface area contributed by atoms with E-state index in [1.54, 1.807) is 42.5 Å². The largest absolute Gasteiger partial charge is 0.480 e. The average molecular weight is 422 g/mol. The van der Waals surface area contributed by atoms with Gasteiger partial charge in [-0.25, -0.2) is 4.79 Å². The molecular weight excluding hydrogens is 401 g/mol. The van der Waals surface area contributed by atoms with Crippen LogP contribution in [0.25, 0.3) is 0 Å². The maximum Gasteiger partial charge on any atom is 0.326 e. The summed E-state index contributed by atoms with van der Waals surface area (Å²) in [5, 5.41) is 10.9. The van der Waals surface area contributed by atoms with Crippen molar-refractivity contribution in [1.82, 2.24) is 4.90 Å². The lowest BCUT2D eigenvalue weighted by atomic mass is 9.91. The first kappa shape index (κ1) is 20.6. The Hall–Kier alpha value is -2.08. The van der Waals surface area contributed by atoms with E-state index < -0.39 is 24.2 Å². The van der Waals surface area contributed by atoms with E-state index in [0.717, 1.165) is 11.1 Å². The van der Waals surface area contributed by atoms with Crippen molar-refractivity contribution in [2.45, 2.75) is 38.0 Å². The van der Waals surface area contributed by atoms with Gasteiger partial charge in [0.15, 0.2) is 0 Å². The van der Waals surface area contributed by atoms with E-state index in [0.29, 0.717) is 22.9 Å². The third-order valence-corrected chi connectivity index (χ3v) is 5.32. The average Bonchev–Trinajstić information content (AvgIpc) is 2.67. The van der Waals surface area contributed by atoms with E-state index in [1.807, 2.05) is 13.0 Å². The highest BCUT2D eigenvalue weighted by Gasteiger charge is 2.44. The van der Waals surface area contributed by atoms with Crippen molar-refractivity contribution >= 4 is 35.1 Å². The number of halogens is 2. The maximum atomic E-state index is 12.8. The highest BCUT2D eigenvalue weighted by molar-refractivity contribution is 6.30. The maximum absolute atomic E-state index is 12.8. The number of amides is 1. The number of carbonyl (C=O) groups excluding carboxylic acids is 1. The van der Waals surface area contributed by atoms with Gasteiger partial charge >= 0.3 is 5.97 Å². The van der Waals surface area contributed by atoms with Gasteiger partial charge in [-0.1, -0.05) is 60.8 Å². The number of rotatable bonds is 6. The number of hydrogen-bond donors (Lipinski definition) is 1. The Bertz CT molecular complexity index is 856. The van der Waals surface area contributed by atoms with E-state index >= 15 is 0 Å². The lowest BCUT2D eigenvalue weighted by Gasteiger charge is -2.44. The van der Waals surface area contributed by atoms with Crippen LogP contribution in [-0.2, 0) is 14.3 Å². The normalized spacial score (nSPS) is 20.8. The molecule has 0 saturated carbocycles. The number of morpholine rings is 1. The van der Waals surface area contributed by atoms with Crippen LogP contribution < -0.4 is 0 Å². The fourth-order valence-electron chi connectivity index (χ4n) is 3.61. The Morgan fingerprint density at radius 2 is 1.89 bits per heavy atom. The molecule has 1 amide bonds. The molecule has 1 N–H and O–H groups in total. The van der Waals surface area contributed by atoms with Crippen LogP contribution in [0, 0.1) is 0 Å². The molecule has 7 heteroatoms. The zero-order chi connectivity index (χ0) is 20.3. The van der Waals surface area contributed by atoms with E-state index in [2.05, 4.69) is 0 Å². The molecule has 1 fully saturated rings. The number of carboxylic acids is 1. The molecule has 0 radical (unpaired) electrons. The van der Waals surface area contributed by atoms with Crippen molar-refractivity contribution in [3.8, 4) is 0 Å². The molecule has 1 aliphatic rings. The molecule has 2 aromatic carbocycles. The molecule has 1 heterocycles. The third kappa shape index (κ3) is 4.32. The number of nitrogens with zero attached hydrogens (tertiary/aromatic N) is 1. The van der Waals surface area contributed by atoms with Gasteiger partial charge in [-0.3, -0.25) is 4.79 Å². The van der Waals surface area contributed by atoms with E-state index in [9.17, 15) is 14.7 Å². The van der Waals surface area contributed by atoms with Crippen molar-refractivity contribution in [3.05, 3.63) is 69.7 Å². The summed E-state index contributed by atoms with van der Waals surface area (Å²) in [6.45, 7) is 1.71. The Kier molecular flexibility index (Phi) is 6.60. The zero-order valence-corrected chi connectivity index (χ0v) is 16.9. The summed E-state index contributed by atoms with van der Waals surface area (Å²) in [4.78, 5) is 26.2. The number of hydrogen-bond acceptors (Lipinski definition) is 3. The molecule has 3 atom stereocenters. The first-order valence-corrected chi connectivity index (χ1v) is 9.84. The first-order chi connectivity index (χ1) is 13.4. The Balaban J connectivity index is 2.12. The summed E-state index contributed by atoms with van der Waals surface area (Å²) in [5.74, 6) is -1.38. The number of aliphatic carboxylic acids is 1. The lowest BCUT2D eigenvalue weighted by molar-refractivity contribution is -0.171. The van der Waals surface area contributed by atoms with Crippen LogP contribution in [0.3, 0.4) is 0 Å². The predicted molar refractivity (Wildman–Crippen MR) is 108 cm³/mol. The van der Waals surface area contributed by atoms with E-state index in [1.165, 1.54) is 4.90 Å². The summed E-state index contributed by atoms with van der Waals surface area (Å²) in [7, 11) is 0. The molecule has 148 valence electrons. The quantitative estimate of drug-likeness (QED) is 0.720. The van der Waals surface area contributed by atoms with Crippen LogP contribution in [0.1, 0.15) is 43.0 Å². The topological polar surface area (TPSA) is 66.8 Å². The second-order valence-electron chi connectivity index (χ2n) is 6.73. The van der Waals surface area contributed by atoms with Gasteiger partial charge in [-0.05, 0) is 41.8 Å².